The number of allylic oxidation sites excluding steroid dienone is 2. The van der Waals surface area contributed by atoms with Gasteiger partial charge in [-0.1, -0.05) is 26.0 Å². The average Bonchev–Trinajstić information content (AvgIpc) is 2.65. The normalized spacial score (nSPS) is 20.2. The van der Waals surface area contributed by atoms with Gasteiger partial charge < -0.3 is 14.8 Å². The third-order valence-corrected chi connectivity index (χ3v) is 5.56. The van der Waals surface area contributed by atoms with Gasteiger partial charge in [0, 0.05) is 47.0 Å². The van der Waals surface area contributed by atoms with Crippen LogP contribution in [0.1, 0.15) is 43.7 Å². The van der Waals surface area contributed by atoms with Crippen molar-refractivity contribution in [3.05, 3.63) is 64.6 Å². The number of anilines is 1. The number of ketones is 1. The van der Waals surface area contributed by atoms with Gasteiger partial charge in [0.25, 0.3) is 0 Å². The highest BCUT2D eigenvalue weighted by Crippen LogP contribution is 2.52. The summed E-state index contributed by atoms with van der Waals surface area (Å²) in [5, 5.41) is 3.47. The van der Waals surface area contributed by atoms with E-state index in [1.165, 1.54) is 12.1 Å². The molecule has 1 aliphatic heterocycles. The summed E-state index contributed by atoms with van der Waals surface area (Å²) < 4.78 is 24.7. The summed E-state index contributed by atoms with van der Waals surface area (Å²) in [5.74, 6) is 0.824. The second-order valence-corrected chi connectivity index (χ2v) is 8.23. The minimum Gasteiger partial charge on any atom is -0.497 e. The van der Waals surface area contributed by atoms with Crippen LogP contribution in [-0.4, -0.2) is 20.0 Å². The summed E-state index contributed by atoms with van der Waals surface area (Å²) >= 11 is 0. The van der Waals surface area contributed by atoms with E-state index in [0.29, 0.717) is 17.9 Å². The van der Waals surface area contributed by atoms with E-state index >= 15 is 0 Å². The molecule has 4 rings (SSSR count). The molecule has 4 nitrogen and oxygen atoms in total. The third kappa shape index (κ3) is 3.05. The number of carbonyl (C=O) groups excluding carboxylic acids is 1. The number of halogens is 1. The second-order valence-electron chi connectivity index (χ2n) is 8.23. The lowest BCUT2D eigenvalue weighted by Gasteiger charge is -2.40. The minimum absolute atomic E-state index is 0.114. The number of carbonyl (C=O) groups is 1. The molecule has 0 bridgehead atoms. The van der Waals surface area contributed by atoms with Crippen molar-refractivity contribution in [2.45, 2.75) is 32.6 Å². The van der Waals surface area contributed by atoms with Gasteiger partial charge in [0.05, 0.1) is 14.2 Å². The molecule has 1 N–H and O–H groups in total. The van der Waals surface area contributed by atoms with Crippen molar-refractivity contribution in [2.24, 2.45) is 5.41 Å². The molecule has 2 aromatic rings. The number of methoxy groups -OCH3 is 2. The lowest BCUT2D eigenvalue weighted by molar-refractivity contribution is -0.118. The Morgan fingerprint density at radius 3 is 2.43 bits per heavy atom. The summed E-state index contributed by atoms with van der Waals surface area (Å²) in [6.07, 6.45) is 1.25. The van der Waals surface area contributed by atoms with Gasteiger partial charge in [-0.25, -0.2) is 4.39 Å². The molecule has 0 amide bonds. The zero-order valence-corrected chi connectivity index (χ0v) is 16.6. The van der Waals surface area contributed by atoms with Crippen molar-refractivity contribution in [1.82, 2.24) is 0 Å². The van der Waals surface area contributed by atoms with Crippen LogP contribution in [0.4, 0.5) is 10.1 Å². The van der Waals surface area contributed by atoms with Crippen molar-refractivity contribution >= 4 is 11.5 Å². The third-order valence-electron chi connectivity index (χ3n) is 5.56. The Hall–Kier alpha value is -2.82. The van der Waals surface area contributed by atoms with E-state index in [4.69, 9.17) is 9.47 Å². The molecular formula is C23H24FNO3. The van der Waals surface area contributed by atoms with Crippen LogP contribution in [-0.2, 0) is 4.79 Å². The fourth-order valence-corrected chi connectivity index (χ4v) is 4.37. The molecule has 1 heterocycles. The quantitative estimate of drug-likeness (QED) is 0.809. The molecule has 0 unspecified atom stereocenters. The molecule has 2 aromatic carbocycles. The standard InChI is InChI=1S/C23H24FNO3/c1-23(2)11-17-21(18(26)12-23)20(13-5-7-14(24)8-6-13)22-16(25-17)9-15(27-3)10-19(22)28-4/h5-10,20,25H,11-12H2,1-4H3/t20-/m0/s1. The van der Waals surface area contributed by atoms with Crippen molar-refractivity contribution < 1.29 is 18.7 Å². The van der Waals surface area contributed by atoms with Crippen molar-refractivity contribution in [3.8, 4) is 11.5 Å². The van der Waals surface area contributed by atoms with E-state index in [2.05, 4.69) is 19.2 Å². The van der Waals surface area contributed by atoms with Crippen LogP contribution in [0.15, 0.2) is 47.7 Å². The fraction of sp³-hybridized carbons (Fsp3) is 0.348. The molecule has 0 saturated carbocycles. The van der Waals surface area contributed by atoms with E-state index in [1.54, 1.807) is 26.4 Å². The van der Waals surface area contributed by atoms with Crippen LogP contribution >= 0.6 is 0 Å². The number of ether oxygens (including phenoxy) is 2. The largest absolute Gasteiger partial charge is 0.497 e. The molecule has 5 heteroatoms. The first-order valence-electron chi connectivity index (χ1n) is 9.37. The number of rotatable bonds is 3. The van der Waals surface area contributed by atoms with Gasteiger partial charge in [-0.2, -0.15) is 0 Å². The maximum absolute atomic E-state index is 13.6. The number of Topliss-reactive ketones (excluding diaryl/α,β-unsaturated/α-hetero) is 1. The molecule has 0 saturated heterocycles. The van der Waals surface area contributed by atoms with Gasteiger partial charge >= 0.3 is 0 Å². The van der Waals surface area contributed by atoms with Crippen LogP contribution in [0.5, 0.6) is 11.5 Å². The Bertz CT molecular complexity index is 976. The number of fused-ring (bicyclic) bond motifs is 1. The van der Waals surface area contributed by atoms with E-state index < -0.39 is 0 Å². The molecule has 0 radical (unpaired) electrons. The van der Waals surface area contributed by atoms with Crippen molar-refractivity contribution in [1.29, 1.82) is 0 Å². The fourth-order valence-electron chi connectivity index (χ4n) is 4.37. The maximum atomic E-state index is 13.6. The highest BCUT2D eigenvalue weighted by atomic mass is 19.1. The first-order chi connectivity index (χ1) is 13.3. The van der Waals surface area contributed by atoms with Crippen molar-refractivity contribution in [3.63, 3.8) is 0 Å². The smallest absolute Gasteiger partial charge is 0.162 e. The molecule has 28 heavy (non-hydrogen) atoms. The summed E-state index contributed by atoms with van der Waals surface area (Å²) in [4.78, 5) is 13.2. The summed E-state index contributed by atoms with van der Waals surface area (Å²) in [7, 11) is 3.21. The molecular weight excluding hydrogens is 357 g/mol. The lowest BCUT2D eigenvalue weighted by atomic mass is 9.68. The Morgan fingerprint density at radius 2 is 1.79 bits per heavy atom. The van der Waals surface area contributed by atoms with Gasteiger partial charge in [-0.15, -0.1) is 0 Å². The first kappa shape index (κ1) is 18.5. The van der Waals surface area contributed by atoms with Crippen LogP contribution in [0.2, 0.25) is 0 Å². The van der Waals surface area contributed by atoms with Gasteiger partial charge in [0.2, 0.25) is 0 Å². The zero-order valence-electron chi connectivity index (χ0n) is 16.6. The molecule has 0 aromatic heterocycles. The predicted molar refractivity (Wildman–Crippen MR) is 106 cm³/mol. The molecule has 146 valence electrons. The highest BCUT2D eigenvalue weighted by Gasteiger charge is 2.42. The topological polar surface area (TPSA) is 47.6 Å². The summed E-state index contributed by atoms with van der Waals surface area (Å²) in [6.45, 7) is 4.20. The molecule has 1 atom stereocenters. The van der Waals surface area contributed by atoms with E-state index in [-0.39, 0.29) is 22.9 Å². The van der Waals surface area contributed by atoms with Crippen LogP contribution in [0, 0.1) is 11.2 Å². The number of hydrogen-bond acceptors (Lipinski definition) is 4. The summed E-state index contributed by atoms with van der Waals surface area (Å²) in [6, 6.07) is 10.1. The van der Waals surface area contributed by atoms with Crippen molar-refractivity contribution in [2.75, 3.05) is 19.5 Å². The second kappa shape index (κ2) is 6.66. The first-order valence-corrected chi connectivity index (χ1v) is 9.37. The van der Waals surface area contributed by atoms with E-state index in [1.807, 2.05) is 12.1 Å². The molecule has 0 spiro atoms. The monoisotopic (exact) mass is 381 g/mol. The highest BCUT2D eigenvalue weighted by molar-refractivity contribution is 6.02. The van der Waals surface area contributed by atoms with Gasteiger partial charge in [0.15, 0.2) is 5.78 Å². The van der Waals surface area contributed by atoms with Crippen LogP contribution < -0.4 is 14.8 Å². The Labute approximate surface area is 164 Å². The Morgan fingerprint density at radius 1 is 1.07 bits per heavy atom. The average molecular weight is 381 g/mol. The number of hydrogen-bond donors (Lipinski definition) is 1. The Kier molecular flexibility index (Phi) is 4.41. The van der Waals surface area contributed by atoms with Crippen LogP contribution in [0.25, 0.3) is 0 Å². The van der Waals surface area contributed by atoms with Gasteiger partial charge in [0.1, 0.15) is 17.3 Å². The SMILES string of the molecule is COc1cc2c(c(OC)c1)[C@@H](c1ccc(F)cc1)C1=C(CC(C)(C)CC1=O)N2. The minimum atomic E-state index is -0.309. The van der Waals surface area contributed by atoms with E-state index in [9.17, 15) is 9.18 Å². The number of benzene rings is 2. The summed E-state index contributed by atoms with van der Waals surface area (Å²) in [5.41, 5.74) is 4.17. The predicted octanol–water partition coefficient (Wildman–Crippen LogP) is 5.04. The maximum Gasteiger partial charge on any atom is 0.162 e. The van der Waals surface area contributed by atoms with Gasteiger partial charge in [-0.05, 0) is 29.5 Å². The number of nitrogens with one attached hydrogen (secondary N) is 1. The molecule has 2 aliphatic rings. The van der Waals surface area contributed by atoms with Crippen LogP contribution in [0.3, 0.4) is 0 Å². The van der Waals surface area contributed by atoms with E-state index in [0.717, 1.165) is 34.5 Å². The van der Waals surface area contributed by atoms with Gasteiger partial charge in [-0.3, -0.25) is 4.79 Å². The molecule has 0 fully saturated rings. The zero-order chi connectivity index (χ0) is 20.1. The Balaban J connectivity index is 1.98. The lowest BCUT2D eigenvalue weighted by Crippen LogP contribution is -2.34. The molecule has 1 aliphatic carbocycles.